The third-order valence-corrected chi connectivity index (χ3v) is 5.47. The summed E-state index contributed by atoms with van der Waals surface area (Å²) in [6, 6.07) is 5.64. The number of alkyl halides is 3. The predicted molar refractivity (Wildman–Crippen MR) is 101 cm³/mol. The number of aromatic nitrogens is 3. The fourth-order valence-electron chi connectivity index (χ4n) is 3.83. The van der Waals surface area contributed by atoms with E-state index in [-0.39, 0.29) is 29.6 Å². The first-order chi connectivity index (χ1) is 13.8. The van der Waals surface area contributed by atoms with Gasteiger partial charge in [-0.3, -0.25) is 0 Å². The highest BCUT2D eigenvalue weighted by atomic mass is 19.4. The van der Waals surface area contributed by atoms with Gasteiger partial charge < -0.3 is 15.6 Å². The molecule has 1 fully saturated rings. The molecule has 0 atom stereocenters. The summed E-state index contributed by atoms with van der Waals surface area (Å²) in [6.07, 6.45) is -2.73. The molecular formula is C20H21F3N4O2. The van der Waals surface area contributed by atoms with E-state index < -0.39 is 11.7 Å². The average molecular weight is 406 g/mol. The Balaban J connectivity index is 1.78. The van der Waals surface area contributed by atoms with Gasteiger partial charge in [0.1, 0.15) is 0 Å². The second kappa shape index (κ2) is 7.22. The molecule has 154 valence electrons. The van der Waals surface area contributed by atoms with E-state index in [2.05, 4.69) is 10.1 Å². The van der Waals surface area contributed by atoms with Crippen molar-refractivity contribution in [2.75, 3.05) is 18.9 Å². The molecule has 0 amide bonds. The summed E-state index contributed by atoms with van der Waals surface area (Å²) >= 11 is 0. The summed E-state index contributed by atoms with van der Waals surface area (Å²) in [4.78, 5) is 4.66. The number of halogens is 3. The van der Waals surface area contributed by atoms with Gasteiger partial charge in [-0.1, -0.05) is 12.1 Å². The molecule has 3 aromatic rings. The molecule has 3 heterocycles. The van der Waals surface area contributed by atoms with Crippen LogP contribution in [-0.4, -0.2) is 32.9 Å². The van der Waals surface area contributed by atoms with Gasteiger partial charge in [-0.05, 0) is 37.0 Å². The number of nitrogen functional groups attached to an aromatic ring is 1. The fraction of sp³-hybridized carbons (Fsp3) is 0.400. The molecule has 3 N–H and O–H groups in total. The molecule has 0 aliphatic carbocycles. The third-order valence-electron chi connectivity index (χ3n) is 5.47. The van der Waals surface area contributed by atoms with Crippen molar-refractivity contribution in [2.45, 2.75) is 38.3 Å². The van der Waals surface area contributed by atoms with Gasteiger partial charge in [-0.15, -0.1) is 5.10 Å². The lowest BCUT2D eigenvalue weighted by Crippen LogP contribution is -2.15. The molecule has 1 aromatic carbocycles. The summed E-state index contributed by atoms with van der Waals surface area (Å²) in [7, 11) is 0. The van der Waals surface area contributed by atoms with E-state index in [1.54, 1.807) is 12.1 Å². The normalized spacial score (nSPS) is 15.9. The van der Waals surface area contributed by atoms with E-state index in [1.165, 1.54) is 17.5 Å². The summed E-state index contributed by atoms with van der Waals surface area (Å²) in [5.74, 6) is 0.169. The van der Waals surface area contributed by atoms with Crippen molar-refractivity contribution in [2.24, 2.45) is 0 Å². The highest BCUT2D eigenvalue weighted by molar-refractivity contribution is 5.62. The van der Waals surface area contributed by atoms with E-state index in [9.17, 15) is 18.3 Å². The number of aromatic hydroxyl groups is 1. The van der Waals surface area contributed by atoms with Gasteiger partial charge in [0.2, 0.25) is 5.88 Å². The van der Waals surface area contributed by atoms with Crippen molar-refractivity contribution in [3.63, 3.8) is 0 Å². The van der Waals surface area contributed by atoms with Crippen molar-refractivity contribution in [1.82, 2.24) is 14.6 Å². The number of nitrogens with two attached hydrogens (primary N) is 1. The number of rotatable bonds is 3. The van der Waals surface area contributed by atoms with E-state index in [0.29, 0.717) is 35.7 Å². The van der Waals surface area contributed by atoms with E-state index >= 15 is 0 Å². The Morgan fingerprint density at radius 1 is 1.28 bits per heavy atom. The number of anilines is 1. The molecule has 0 bridgehead atoms. The lowest BCUT2D eigenvalue weighted by molar-refractivity contribution is -0.138. The minimum Gasteiger partial charge on any atom is -0.493 e. The largest absolute Gasteiger partial charge is 0.493 e. The molecule has 0 unspecified atom stereocenters. The molecule has 2 aromatic heterocycles. The Labute approximate surface area is 165 Å². The minimum atomic E-state index is -4.43. The van der Waals surface area contributed by atoms with Crippen LogP contribution in [0.4, 0.5) is 19.0 Å². The van der Waals surface area contributed by atoms with Crippen molar-refractivity contribution >= 4 is 11.5 Å². The van der Waals surface area contributed by atoms with Crippen LogP contribution in [0.15, 0.2) is 24.3 Å². The Hall–Kier alpha value is -2.81. The molecule has 0 spiro atoms. The lowest BCUT2D eigenvalue weighted by atomic mass is 9.95. The van der Waals surface area contributed by atoms with Gasteiger partial charge in [0, 0.05) is 37.2 Å². The van der Waals surface area contributed by atoms with E-state index in [0.717, 1.165) is 18.9 Å². The second-order valence-electron chi connectivity index (χ2n) is 7.29. The van der Waals surface area contributed by atoms with Crippen LogP contribution in [0.25, 0.3) is 5.65 Å². The van der Waals surface area contributed by atoms with Crippen molar-refractivity contribution in [3.05, 3.63) is 52.2 Å². The van der Waals surface area contributed by atoms with Gasteiger partial charge in [-0.25, -0.2) is 4.98 Å². The standard InChI is InChI=1S/C20H21F3N4O2/c1-11-13(3-2-4-15(11)20(21,22)23)9-14-18(24)26-27-17(28)10-16(25-19(14)27)12-5-7-29-8-6-12/h2-4,10,12,28H,5-9H2,1H3,(H2,24,26). The molecule has 9 heteroatoms. The number of ether oxygens (including phenoxy) is 1. The van der Waals surface area contributed by atoms with Crippen LogP contribution in [0, 0.1) is 6.92 Å². The van der Waals surface area contributed by atoms with Gasteiger partial charge >= 0.3 is 6.18 Å². The van der Waals surface area contributed by atoms with Crippen LogP contribution >= 0.6 is 0 Å². The topological polar surface area (TPSA) is 85.7 Å². The van der Waals surface area contributed by atoms with Crippen LogP contribution in [0.1, 0.15) is 46.7 Å². The molecule has 0 saturated carbocycles. The first-order valence-corrected chi connectivity index (χ1v) is 9.36. The molecule has 6 nitrogen and oxygen atoms in total. The maximum absolute atomic E-state index is 13.3. The summed E-state index contributed by atoms with van der Waals surface area (Å²) in [6.45, 7) is 2.68. The predicted octanol–water partition coefficient (Wildman–Crippen LogP) is 3.83. The molecular weight excluding hydrogens is 385 g/mol. The zero-order valence-electron chi connectivity index (χ0n) is 15.8. The quantitative estimate of drug-likeness (QED) is 0.691. The fourth-order valence-corrected chi connectivity index (χ4v) is 3.83. The smallest absolute Gasteiger partial charge is 0.416 e. The Morgan fingerprint density at radius 2 is 2.00 bits per heavy atom. The highest BCUT2D eigenvalue weighted by Gasteiger charge is 2.33. The summed E-state index contributed by atoms with van der Waals surface area (Å²) in [5, 5.41) is 14.5. The van der Waals surface area contributed by atoms with Gasteiger partial charge in [0.05, 0.1) is 11.3 Å². The van der Waals surface area contributed by atoms with Crippen LogP contribution in [0.2, 0.25) is 0 Å². The first-order valence-electron chi connectivity index (χ1n) is 9.36. The van der Waals surface area contributed by atoms with Gasteiger partial charge in [0.15, 0.2) is 11.5 Å². The maximum atomic E-state index is 13.3. The number of nitrogens with zero attached hydrogens (tertiary/aromatic N) is 3. The van der Waals surface area contributed by atoms with Crippen molar-refractivity contribution < 1.29 is 23.0 Å². The first kappa shape index (κ1) is 19.5. The third kappa shape index (κ3) is 3.62. The number of fused-ring (bicyclic) bond motifs is 1. The van der Waals surface area contributed by atoms with Crippen LogP contribution in [0.5, 0.6) is 5.88 Å². The minimum absolute atomic E-state index is 0.102. The number of benzene rings is 1. The maximum Gasteiger partial charge on any atom is 0.416 e. The monoisotopic (exact) mass is 406 g/mol. The zero-order valence-corrected chi connectivity index (χ0v) is 15.8. The van der Waals surface area contributed by atoms with Crippen LogP contribution < -0.4 is 5.73 Å². The molecule has 0 radical (unpaired) electrons. The SMILES string of the molecule is Cc1c(Cc2c(N)nn3c(O)cc(C4CCOCC4)nc23)cccc1C(F)(F)F. The van der Waals surface area contributed by atoms with Crippen LogP contribution in [-0.2, 0) is 17.3 Å². The van der Waals surface area contributed by atoms with Gasteiger partial charge in [0.25, 0.3) is 0 Å². The highest BCUT2D eigenvalue weighted by Crippen LogP contribution is 2.35. The molecule has 1 aliphatic rings. The average Bonchev–Trinajstić information content (AvgIpc) is 2.99. The van der Waals surface area contributed by atoms with Gasteiger partial charge in [-0.2, -0.15) is 17.7 Å². The van der Waals surface area contributed by atoms with E-state index in [1.807, 2.05) is 0 Å². The molecule has 1 aliphatic heterocycles. The van der Waals surface area contributed by atoms with E-state index in [4.69, 9.17) is 10.5 Å². The Bertz CT molecular complexity index is 1060. The summed E-state index contributed by atoms with van der Waals surface area (Å²) < 4.78 is 46.4. The molecule has 29 heavy (non-hydrogen) atoms. The van der Waals surface area contributed by atoms with Crippen molar-refractivity contribution in [1.29, 1.82) is 0 Å². The number of hydrogen-bond donors (Lipinski definition) is 2. The van der Waals surface area contributed by atoms with Crippen molar-refractivity contribution in [3.8, 4) is 5.88 Å². The molecule has 1 saturated heterocycles. The Kier molecular flexibility index (Phi) is 4.85. The second-order valence-corrected chi connectivity index (χ2v) is 7.29. The lowest BCUT2D eigenvalue weighted by Gasteiger charge is -2.21. The zero-order chi connectivity index (χ0) is 20.8. The van der Waals surface area contributed by atoms with Crippen LogP contribution in [0.3, 0.4) is 0 Å². The Morgan fingerprint density at radius 3 is 2.69 bits per heavy atom. The number of hydrogen-bond acceptors (Lipinski definition) is 5. The summed E-state index contributed by atoms with van der Waals surface area (Å²) in [5.41, 5.74) is 7.56. The molecule has 4 rings (SSSR count).